The molecular weight excluding hydrogens is 263 g/mol. The fourth-order valence-corrected chi connectivity index (χ4v) is 1.80. The van der Waals surface area contributed by atoms with Crippen LogP contribution in [0.1, 0.15) is 18.5 Å². The predicted octanol–water partition coefficient (Wildman–Crippen LogP) is 2.44. The fraction of sp³-hybridized carbons (Fsp3) is 0.231. The summed E-state index contributed by atoms with van der Waals surface area (Å²) in [6.45, 7) is 1.74. The van der Waals surface area contributed by atoms with Crippen LogP contribution in [-0.2, 0) is 0 Å². The molecule has 106 valence electrons. The average molecular weight is 278 g/mol. The van der Waals surface area contributed by atoms with Crippen molar-refractivity contribution in [2.45, 2.75) is 13.0 Å². The molecule has 0 aliphatic rings. The standard InChI is InChI=1S/C13H15FN4O2/c1-8(11-5-9(14)3-4-12(11)20-2)17-13(19)18-10-6-15-16-7-10/h3-8H,1-2H3,(H,15,16)(H2,17,18,19). The number of aromatic amines is 1. The van der Waals surface area contributed by atoms with Crippen LogP contribution < -0.4 is 15.4 Å². The van der Waals surface area contributed by atoms with E-state index in [4.69, 9.17) is 4.74 Å². The van der Waals surface area contributed by atoms with Crippen LogP contribution in [0.15, 0.2) is 30.6 Å². The molecule has 0 bridgehead atoms. The first kappa shape index (κ1) is 13.9. The highest BCUT2D eigenvalue weighted by Gasteiger charge is 2.15. The number of anilines is 1. The summed E-state index contributed by atoms with van der Waals surface area (Å²) in [6, 6.07) is 3.34. The lowest BCUT2D eigenvalue weighted by atomic mass is 10.1. The van der Waals surface area contributed by atoms with Gasteiger partial charge in [-0.1, -0.05) is 0 Å². The summed E-state index contributed by atoms with van der Waals surface area (Å²) in [6.07, 6.45) is 3.03. The maximum atomic E-state index is 13.3. The summed E-state index contributed by atoms with van der Waals surface area (Å²) in [5, 5.41) is 11.6. The van der Waals surface area contributed by atoms with Crippen LogP contribution in [0.4, 0.5) is 14.9 Å². The fourth-order valence-electron chi connectivity index (χ4n) is 1.80. The number of methoxy groups -OCH3 is 1. The first-order valence-corrected chi connectivity index (χ1v) is 6.00. The van der Waals surface area contributed by atoms with E-state index in [1.165, 1.54) is 31.5 Å². The van der Waals surface area contributed by atoms with Gasteiger partial charge in [0, 0.05) is 11.8 Å². The Labute approximate surface area is 115 Å². The van der Waals surface area contributed by atoms with Crippen molar-refractivity contribution in [3.63, 3.8) is 0 Å². The summed E-state index contributed by atoms with van der Waals surface area (Å²) >= 11 is 0. The van der Waals surface area contributed by atoms with Crippen LogP contribution in [-0.4, -0.2) is 23.3 Å². The van der Waals surface area contributed by atoms with E-state index in [2.05, 4.69) is 20.8 Å². The summed E-state index contributed by atoms with van der Waals surface area (Å²) in [7, 11) is 1.50. The molecule has 1 unspecified atom stereocenters. The Bertz CT molecular complexity index is 586. The third-order valence-corrected chi connectivity index (χ3v) is 2.76. The molecule has 2 amide bonds. The molecule has 0 aliphatic carbocycles. The number of rotatable bonds is 4. The molecule has 0 saturated carbocycles. The van der Waals surface area contributed by atoms with E-state index in [9.17, 15) is 9.18 Å². The third kappa shape index (κ3) is 3.25. The molecule has 0 saturated heterocycles. The van der Waals surface area contributed by atoms with Gasteiger partial charge in [0.2, 0.25) is 0 Å². The maximum Gasteiger partial charge on any atom is 0.319 e. The van der Waals surface area contributed by atoms with E-state index in [0.717, 1.165) is 0 Å². The van der Waals surface area contributed by atoms with E-state index in [1.54, 1.807) is 13.1 Å². The van der Waals surface area contributed by atoms with Crippen molar-refractivity contribution in [2.75, 3.05) is 12.4 Å². The van der Waals surface area contributed by atoms with Crippen molar-refractivity contribution in [3.05, 3.63) is 42.0 Å². The molecule has 0 radical (unpaired) electrons. The third-order valence-electron chi connectivity index (χ3n) is 2.76. The van der Waals surface area contributed by atoms with Crippen molar-refractivity contribution in [2.24, 2.45) is 0 Å². The van der Waals surface area contributed by atoms with Crippen LogP contribution in [0, 0.1) is 5.82 Å². The summed E-state index contributed by atoms with van der Waals surface area (Å²) in [4.78, 5) is 11.8. The van der Waals surface area contributed by atoms with Gasteiger partial charge < -0.3 is 15.4 Å². The largest absolute Gasteiger partial charge is 0.496 e. The smallest absolute Gasteiger partial charge is 0.319 e. The number of ether oxygens (including phenoxy) is 1. The molecule has 7 heteroatoms. The van der Waals surface area contributed by atoms with Gasteiger partial charge in [0.15, 0.2) is 0 Å². The van der Waals surface area contributed by atoms with Crippen LogP contribution in [0.2, 0.25) is 0 Å². The number of nitrogens with zero attached hydrogens (tertiary/aromatic N) is 1. The highest BCUT2D eigenvalue weighted by molar-refractivity contribution is 5.89. The molecule has 0 spiro atoms. The lowest BCUT2D eigenvalue weighted by Gasteiger charge is -2.17. The normalized spacial score (nSPS) is 11.8. The number of carbonyl (C=O) groups is 1. The Morgan fingerprint density at radius 3 is 2.95 bits per heavy atom. The molecule has 1 atom stereocenters. The molecule has 2 rings (SSSR count). The number of urea groups is 1. The number of amides is 2. The minimum Gasteiger partial charge on any atom is -0.496 e. The van der Waals surface area contributed by atoms with Crippen LogP contribution in [0.3, 0.4) is 0 Å². The number of carbonyl (C=O) groups excluding carboxylic acids is 1. The molecule has 20 heavy (non-hydrogen) atoms. The van der Waals surface area contributed by atoms with E-state index in [-0.39, 0.29) is 5.82 Å². The van der Waals surface area contributed by atoms with Crippen molar-refractivity contribution in [1.29, 1.82) is 0 Å². The molecule has 1 heterocycles. The highest BCUT2D eigenvalue weighted by atomic mass is 19.1. The van der Waals surface area contributed by atoms with Crippen molar-refractivity contribution in [3.8, 4) is 5.75 Å². The molecule has 2 aromatic rings. The second-order valence-corrected chi connectivity index (χ2v) is 4.19. The van der Waals surface area contributed by atoms with Gasteiger partial charge in [-0.15, -0.1) is 0 Å². The van der Waals surface area contributed by atoms with Crippen LogP contribution >= 0.6 is 0 Å². The first-order valence-electron chi connectivity index (χ1n) is 6.00. The predicted molar refractivity (Wildman–Crippen MR) is 72.1 cm³/mol. The Morgan fingerprint density at radius 1 is 1.50 bits per heavy atom. The van der Waals surface area contributed by atoms with E-state index in [0.29, 0.717) is 17.0 Å². The first-order chi connectivity index (χ1) is 9.60. The Morgan fingerprint density at radius 2 is 2.30 bits per heavy atom. The molecule has 0 aliphatic heterocycles. The van der Waals surface area contributed by atoms with Crippen LogP contribution in [0.5, 0.6) is 5.75 Å². The van der Waals surface area contributed by atoms with Crippen molar-refractivity contribution in [1.82, 2.24) is 15.5 Å². The Kier molecular flexibility index (Phi) is 4.19. The van der Waals surface area contributed by atoms with E-state index in [1.807, 2.05) is 0 Å². The quantitative estimate of drug-likeness (QED) is 0.803. The molecule has 1 aromatic carbocycles. The average Bonchev–Trinajstić information content (AvgIpc) is 2.91. The van der Waals surface area contributed by atoms with Crippen molar-refractivity contribution >= 4 is 11.7 Å². The maximum absolute atomic E-state index is 13.3. The molecule has 6 nitrogen and oxygen atoms in total. The van der Waals surface area contributed by atoms with Gasteiger partial charge in [0.1, 0.15) is 11.6 Å². The number of hydrogen-bond donors (Lipinski definition) is 3. The van der Waals surface area contributed by atoms with E-state index < -0.39 is 12.1 Å². The van der Waals surface area contributed by atoms with Gasteiger partial charge in [-0.2, -0.15) is 5.10 Å². The monoisotopic (exact) mass is 278 g/mol. The molecule has 0 fully saturated rings. The summed E-state index contributed by atoms with van der Waals surface area (Å²) in [5.41, 5.74) is 1.11. The number of halogens is 1. The molecular formula is C13H15FN4O2. The van der Waals surface area contributed by atoms with Gasteiger partial charge in [-0.25, -0.2) is 9.18 Å². The molecule has 1 aromatic heterocycles. The lowest BCUT2D eigenvalue weighted by molar-refractivity contribution is 0.249. The van der Waals surface area contributed by atoms with Crippen LogP contribution in [0.25, 0.3) is 0 Å². The van der Waals surface area contributed by atoms with E-state index >= 15 is 0 Å². The topological polar surface area (TPSA) is 79.0 Å². The number of benzene rings is 1. The van der Waals surface area contributed by atoms with Crippen molar-refractivity contribution < 1.29 is 13.9 Å². The van der Waals surface area contributed by atoms with Gasteiger partial charge in [-0.3, -0.25) is 5.10 Å². The lowest BCUT2D eigenvalue weighted by Crippen LogP contribution is -2.31. The minimum absolute atomic E-state index is 0.385. The van der Waals surface area contributed by atoms with Gasteiger partial charge in [0.25, 0.3) is 0 Å². The zero-order valence-electron chi connectivity index (χ0n) is 11.1. The number of hydrogen-bond acceptors (Lipinski definition) is 3. The zero-order valence-corrected chi connectivity index (χ0v) is 11.1. The summed E-state index contributed by atoms with van der Waals surface area (Å²) in [5.74, 6) is 0.132. The second kappa shape index (κ2) is 6.05. The Balaban J connectivity index is 2.06. The second-order valence-electron chi connectivity index (χ2n) is 4.19. The van der Waals surface area contributed by atoms with Gasteiger partial charge in [0.05, 0.1) is 25.0 Å². The van der Waals surface area contributed by atoms with Gasteiger partial charge >= 0.3 is 6.03 Å². The SMILES string of the molecule is COc1ccc(F)cc1C(C)NC(=O)Nc1cn[nH]c1. The van der Waals surface area contributed by atoms with Gasteiger partial charge in [-0.05, 0) is 25.1 Å². The number of nitrogens with one attached hydrogen (secondary N) is 3. The Hall–Kier alpha value is -2.57. The number of H-pyrrole nitrogens is 1. The zero-order chi connectivity index (χ0) is 14.5. The highest BCUT2D eigenvalue weighted by Crippen LogP contribution is 2.25. The minimum atomic E-state index is -0.412. The molecule has 3 N–H and O–H groups in total. The number of aromatic nitrogens is 2. The summed E-state index contributed by atoms with van der Waals surface area (Å²) < 4.78 is 18.4.